The van der Waals surface area contributed by atoms with Gasteiger partial charge >= 0.3 is 5.97 Å². The molecule has 0 fully saturated rings. The van der Waals surface area contributed by atoms with Crippen molar-refractivity contribution in [2.45, 2.75) is 51.4 Å². The quantitative estimate of drug-likeness (QED) is 0.401. The molecule has 4 nitrogen and oxygen atoms in total. The number of aliphatic hydroxyl groups excluding tert-OH is 1. The second-order valence-corrected chi connectivity index (χ2v) is 6.01. The first-order valence-corrected chi connectivity index (χ1v) is 8.81. The first-order chi connectivity index (χ1) is 12.2. The number of hydrogen-bond donors (Lipinski definition) is 1. The maximum atomic E-state index is 12.5. The van der Waals surface area contributed by atoms with Crippen LogP contribution < -0.4 is 4.74 Å². The van der Waals surface area contributed by atoms with Crippen LogP contribution in [0.25, 0.3) is 0 Å². The van der Waals surface area contributed by atoms with Gasteiger partial charge in [0.05, 0.1) is 12.7 Å². The Morgan fingerprint density at radius 2 is 1.64 bits per heavy atom. The van der Waals surface area contributed by atoms with Crippen LogP contribution in [0.5, 0.6) is 5.75 Å². The molecule has 1 N–H and O–H groups in total. The molecule has 0 bridgehead atoms. The summed E-state index contributed by atoms with van der Waals surface area (Å²) in [5, 5.41) is 10.4. The van der Waals surface area contributed by atoms with Crippen molar-refractivity contribution in [2.75, 3.05) is 0 Å². The molecule has 0 radical (unpaired) electrons. The molecule has 0 amide bonds. The van der Waals surface area contributed by atoms with E-state index < -0.39 is 18.2 Å². The van der Waals surface area contributed by atoms with Gasteiger partial charge in [0.1, 0.15) is 5.75 Å². The Hall–Kier alpha value is -2.17. The highest BCUT2D eigenvalue weighted by molar-refractivity contribution is 5.77. The van der Waals surface area contributed by atoms with Gasteiger partial charge < -0.3 is 14.6 Å². The van der Waals surface area contributed by atoms with Crippen LogP contribution in [0.4, 0.5) is 0 Å². The lowest BCUT2D eigenvalue weighted by atomic mass is 10.1. The van der Waals surface area contributed by atoms with E-state index in [1.54, 1.807) is 24.3 Å². The van der Waals surface area contributed by atoms with E-state index in [1.165, 1.54) is 0 Å². The Morgan fingerprint density at radius 3 is 2.28 bits per heavy atom. The van der Waals surface area contributed by atoms with E-state index in [-0.39, 0.29) is 6.61 Å². The van der Waals surface area contributed by atoms with Gasteiger partial charge in [0, 0.05) is 0 Å². The Bertz CT molecular complexity index is 612. The molecule has 2 atom stereocenters. The van der Waals surface area contributed by atoms with Gasteiger partial charge in [0.25, 0.3) is 0 Å². The van der Waals surface area contributed by atoms with Crippen LogP contribution in [-0.2, 0) is 16.1 Å². The Labute approximate surface area is 149 Å². The summed E-state index contributed by atoms with van der Waals surface area (Å²) in [6.45, 7) is 2.35. The van der Waals surface area contributed by atoms with Gasteiger partial charge in [-0.15, -0.1) is 0 Å². The molecular formula is C21H26O4. The number of carbonyl (C=O) groups excluding carboxylic acids is 1. The largest absolute Gasteiger partial charge is 0.425 e. The van der Waals surface area contributed by atoms with Gasteiger partial charge in [-0.25, -0.2) is 4.79 Å². The third-order valence-corrected chi connectivity index (χ3v) is 3.92. The van der Waals surface area contributed by atoms with Crippen molar-refractivity contribution in [3.05, 3.63) is 66.2 Å². The molecule has 0 aliphatic rings. The molecule has 25 heavy (non-hydrogen) atoms. The van der Waals surface area contributed by atoms with Crippen LogP contribution in [-0.4, -0.2) is 23.3 Å². The fourth-order valence-corrected chi connectivity index (χ4v) is 2.51. The first-order valence-electron chi connectivity index (χ1n) is 8.81. The lowest BCUT2D eigenvalue weighted by molar-refractivity contribution is -0.157. The second-order valence-electron chi connectivity index (χ2n) is 6.01. The second kappa shape index (κ2) is 10.6. The fourth-order valence-electron chi connectivity index (χ4n) is 2.51. The van der Waals surface area contributed by atoms with Gasteiger partial charge in [-0.05, 0) is 24.1 Å². The summed E-state index contributed by atoms with van der Waals surface area (Å²) < 4.78 is 11.1. The van der Waals surface area contributed by atoms with E-state index in [0.29, 0.717) is 12.2 Å². The SMILES string of the molecule is CCCCC[C@@H](O)[C@@H](OCc1ccccc1)C(=O)Oc1ccccc1. The number of hydrogen-bond acceptors (Lipinski definition) is 4. The van der Waals surface area contributed by atoms with Crippen LogP contribution >= 0.6 is 0 Å². The number of para-hydroxylation sites is 1. The molecule has 0 saturated heterocycles. The average molecular weight is 342 g/mol. The van der Waals surface area contributed by atoms with E-state index in [0.717, 1.165) is 24.8 Å². The van der Waals surface area contributed by atoms with Gasteiger partial charge in [-0.3, -0.25) is 0 Å². The predicted molar refractivity (Wildman–Crippen MR) is 97.2 cm³/mol. The van der Waals surface area contributed by atoms with E-state index in [2.05, 4.69) is 6.92 Å². The number of esters is 1. The average Bonchev–Trinajstić information content (AvgIpc) is 2.64. The summed E-state index contributed by atoms with van der Waals surface area (Å²) in [6, 6.07) is 18.4. The molecule has 0 spiro atoms. The van der Waals surface area contributed by atoms with Crippen molar-refractivity contribution >= 4 is 5.97 Å². The van der Waals surface area contributed by atoms with E-state index in [4.69, 9.17) is 9.47 Å². The summed E-state index contributed by atoms with van der Waals surface area (Å²) in [5.74, 6) is -0.118. The normalized spacial score (nSPS) is 13.2. The topological polar surface area (TPSA) is 55.8 Å². The third kappa shape index (κ3) is 6.69. The van der Waals surface area contributed by atoms with Crippen molar-refractivity contribution in [1.82, 2.24) is 0 Å². The molecule has 2 aromatic rings. The summed E-state index contributed by atoms with van der Waals surface area (Å²) in [4.78, 5) is 12.5. The van der Waals surface area contributed by atoms with Gasteiger partial charge in [0.2, 0.25) is 0 Å². The van der Waals surface area contributed by atoms with Gasteiger partial charge in [-0.2, -0.15) is 0 Å². The van der Waals surface area contributed by atoms with Crippen LogP contribution in [0.2, 0.25) is 0 Å². The van der Waals surface area contributed by atoms with Crippen LogP contribution in [0, 0.1) is 0 Å². The molecule has 0 heterocycles. The van der Waals surface area contributed by atoms with Crippen LogP contribution in [0.1, 0.15) is 38.2 Å². The van der Waals surface area contributed by atoms with Crippen molar-refractivity contribution < 1.29 is 19.4 Å². The minimum atomic E-state index is -1.00. The number of aliphatic hydroxyl groups is 1. The number of benzene rings is 2. The molecule has 0 saturated carbocycles. The zero-order valence-electron chi connectivity index (χ0n) is 14.6. The molecule has 4 heteroatoms. The van der Waals surface area contributed by atoms with Gasteiger partial charge in [-0.1, -0.05) is 74.7 Å². The van der Waals surface area contributed by atoms with Crippen LogP contribution in [0.3, 0.4) is 0 Å². The summed E-state index contributed by atoms with van der Waals surface area (Å²) in [7, 11) is 0. The minimum Gasteiger partial charge on any atom is -0.425 e. The lowest BCUT2D eigenvalue weighted by Crippen LogP contribution is -2.39. The number of carbonyl (C=O) groups is 1. The monoisotopic (exact) mass is 342 g/mol. The smallest absolute Gasteiger partial charge is 0.343 e. The zero-order chi connectivity index (χ0) is 17.9. The first kappa shape index (κ1) is 19.2. The molecule has 0 aliphatic carbocycles. The molecule has 0 aliphatic heterocycles. The van der Waals surface area contributed by atoms with Crippen molar-refractivity contribution in [2.24, 2.45) is 0 Å². The Kier molecular flexibility index (Phi) is 8.16. The highest BCUT2D eigenvalue weighted by Crippen LogP contribution is 2.16. The Balaban J connectivity index is 2.00. The molecule has 134 valence electrons. The van der Waals surface area contributed by atoms with E-state index in [9.17, 15) is 9.90 Å². The van der Waals surface area contributed by atoms with Gasteiger partial charge in [0.15, 0.2) is 6.10 Å². The predicted octanol–water partition coefficient (Wildman–Crippen LogP) is 4.12. The zero-order valence-corrected chi connectivity index (χ0v) is 14.6. The summed E-state index contributed by atoms with van der Waals surface area (Å²) in [6.07, 6.45) is 1.54. The molecule has 0 aromatic heterocycles. The molecule has 2 aromatic carbocycles. The van der Waals surface area contributed by atoms with Crippen LogP contribution in [0.15, 0.2) is 60.7 Å². The highest BCUT2D eigenvalue weighted by atomic mass is 16.6. The maximum Gasteiger partial charge on any atom is 0.343 e. The third-order valence-electron chi connectivity index (χ3n) is 3.92. The lowest BCUT2D eigenvalue weighted by Gasteiger charge is -2.22. The number of ether oxygens (including phenoxy) is 2. The number of rotatable bonds is 10. The van der Waals surface area contributed by atoms with Crippen molar-refractivity contribution in [3.8, 4) is 5.75 Å². The van der Waals surface area contributed by atoms with Crippen molar-refractivity contribution in [3.63, 3.8) is 0 Å². The molecular weight excluding hydrogens is 316 g/mol. The van der Waals surface area contributed by atoms with E-state index in [1.807, 2.05) is 36.4 Å². The minimum absolute atomic E-state index is 0.250. The Morgan fingerprint density at radius 1 is 1.00 bits per heavy atom. The van der Waals surface area contributed by atoms with E-state index >= 15 is 0 Å². The highest BCUT2D eigenvalue weighted by Gasteiger charge is 2.29. The summed E-state index contributed by atoms with van der Waals surface area (Å²) >= 11 is 0. The molecule has 0 unspecified atom stereocenters. The standard InChI is InChI=1S/C21H26O4/c1-2-3-6-15-19(22)20(24-16-17-11-7-4-8-12-17)21(23)25-18-13-9-5-10-14-18/h4-5,7-14,19-20,22H,2-3,6,15-16H2,1H3/t19-,20-/m1/s1. The maximum absolute atomic E-state index is 12.5. The number of unbranched alkanes of at least 4 members (excludes halogenated alkanes) is 2. The summed E-state index contributed by atoms with van der Waals surface area (Å²) in [5.41, 5.74) is 0.945. The molecule has 2 rings (SSSR count). The van der Waals surface area contributed by atoms with Crippen molar-refractivity contribution in [1.29, 1.82) is 0 Å². The fraction of sp³-hybridized carbons (Fsp3) is 0.381.